The van der Waals surface area contributed by atoms with E-state index in [1.54, 1.807) is 25.4 Å². The lowest BCUT2D eigenvalue weighted by atomic mass is 10.1. The van der Waals surface area contributed by atoms with E-state index in [0.717, 1.165) is 32.9 Å². The molecule has 10 heteroatoms. The van der Waals surface area contributed by atoms with Gasteiger partial charge >= 0.3 is 0 Å². The number of thioether (sulfide) groups is 1. The van der Waals surface area contributed by atoms with Crippen LogP contribution in [0.3, 0.4) is 0 Å². The van der Waals surface area contributed by atoms with E-state index in [9.17, 15) is 9.59 Å². The number of rotatable bonds is 3. The summed E-state index contributed by atoms with van der Waals surface area (Å²) in [6.45, 7) is 1.17. The van der Waals surface area contributed by atoms with E-state index < -0.39 is 0 Å². The van der Waals surface area contributed by atoms with Gasteiger partial charge in [-0.1, -0.05) is 0 Å². The minimum atomic E-state index is -0.0418. The highest BCUT2D eigenvalue weighted by molar-refractivity contribution is 8.00. The molecule has 0 spiro atoms. The minimum Gasteiger partial charge on any atom is -0.481 e. The van der Waals surface area contributed by atoms with Gasteiger partial charge in [0.15, 0.2) is 0 Å². The van der Waals surface area contributed by atoms with Crippen LogP contribution >= 0.6 is 11.8 Å². The summed E-state index contributed by atoms with van der Waals surface area (Å²) >= 11 is 1.49. The molecular formula is C25H22N6O3S. The van der Waals surface area contributed by atoms with Crippen molar-refractivity contribution in [2.45, 2.75) is 17.7 Å². The largest absolute Gasteiger partial charge is 0.481 e. The summed E-state index contributed by atoms with van der Waals surface area (Å²) in [6, 6.07) is 11.1. The third kappa shape index (κ3) is 3.99. The minimum absolute atomic E-state index is 0.0351. The van der Waals surface area contributed by atoms with Crippen LogP contribution in [0.1, 0.15) is 21.6 Å². The first-order valence-corrected chi connectivity index (χ1v) is 12.3. The molecule has 0 radical (unpaired) electrons. The number of benzene rings is 1. The Balaban J connectivity index is 1.23. The maximum atomic E-state index is 13.2. The van der Waals surface area contributed by atoms with Crippen molar-refractivity contribution >= 4 is 40.3 Å². The molecule has 0 unspecified atom stereocenters. The van der Waals surface area contributed by atoms with E-state index in [1.165, 1.54) is 11.8 Å². The Bertz CT molecular complexity index is 1460. The Kier molecular flexibility index (Phi) is 5.37. The predicted molar refractivity (Wildman–Crippen MR) is 132 cm³/mol. The summed E-state index contributed by atoms with van der Waals surface area (Å²) in [6.07, 6.45) is 5.13. The second-order valence-electron chi connectivity index (χ2n) is 8.44. The number of anilines is 1. The first kappa shape index (κ1) is 21.6. The molecule has 5 heterocycles. The third-order valence-corrected chi connectivity index (χ3v) is 7.36. The number of carbonyl (C=O) groups excluding carboxylic acids is 2. The van der Waals surface area contributed by atoms with Crippen molar-refractivity contribution < 1.29 is 14.3 Å². The molecule has 1 aromatic carbocycles. The summed E-state index contributed by atoms with van der Waals surface area (Å²) in [4.78, 5) is 36.8. The summed E-state index contributed by atoms with van der Waals surface area (Å²) in [5.41, 5.74) is 5.71. The van der Waals surface area contributed by atoms with E-state index in [0.29, 0.717) is 48.8 Å². The van der Waals surface area contributed by atoms with Crippen molar-refractivity contribution in [3.05, 3.63) is 65.6 Å². The van der Waals surface area contributed by atoms with Gasteiger partial charge in [0.1, 0.15) is 5.52 Å². The number of ether oxygens (including phenoxy) is 1. The molecule has 2 aliphatic heterocycles. The van der Waals surface area contributed by atoms with Gasteiger partial charge in [-0.2, -0.15) is 5.10 Å². The van der Waals surface area contributed by atoms with Gasteiger partial charge in [0.05, 0.1) is 35.4 Å². The quantitative estimate of drug-likeness (QED) is 0.475. The molecule has 0 atom stereocenters. The number of nitrogens with zero attached hydrogens (tertiary/aromatic N) is 5. The third-order valence-electron chi connectivity index (χ3n) is 6.29. The van der Waals surface area contributed by atoms with Crippen LogP contribution in [-0.2, 0) is 17.6 Å². The predicted octanol–water partition coefficient (Wildman–Crippen LogP) is 3.11. The fourth-order valence-corrected chi connectivity index (χ4v) is 5.28. The molecular weight excluding hydrogens is 464 g/mol. The molecule has 6 rings (SSSR count). The van der Waals surface area contributed by atoms with Gasteiger partial charge in [-0.25, -0.2) is 9.67 Å². The molecule has 0 bridgehead atoms. The van der Waals surface area contributed by atoms with E-state index >= 15 is 0 Å². The van der Waals surface area contributed by atoms with Crippen molar-refractivity contribution in [1.29, 1.82) is 0 Å². The molecule has 0 aliphatic carbocycles. The molecule has 4 aromatic rings. The van der Waals surface area contributed by atoms with E-state index in [1.807, 2.05) is 40.0 Å². The van der Waals surface area contributed by atoms with Gasteiger partial charge in [-0.05, 0) is 42.3 Å². The van der Waals surface area contributed by atoms with Crippen LogP contribution in [-0.4, -0.2) is 62.4 Å². The first-order chi connectivity index (χ1) is 17.1. The van der Waals surface area contributed by atoms with Gasteiger partial charge in [-0.15, -0.1) is 11.8 Å². The topological polar surface area (TPSA) is 102 Å². The second kappa shape index (κ2) is 8.70. The Morgan fingerprint density at radius 3 is 2.91 bits per heavy atom. The summed E-state index contributed by atoms with van der Waals surface area (Å²) in [5, 5.41) is 7.70. The number of nitrogens with one attached hydrogen (secondary N) is 1. The normalized spacial score (nSPS) is 15.2. The van der Waals surface area contributed by atoms with Crippen LogP contribution in [0.5, 0.6) is 5.88 Å². The zero-order valence-corrected chi connectivity index (χ0v) is 19.8. The number of fused-ring (bicyclic) bond motifs is 3. The van der Waals surface area contributed by atoms with Crippen molar-refractivity contribution in [2.75, 3.05) is 31.3 Å². The Morgan fingerprint density at radius 1 is 1.14 bits per heavy atom. The average molecular weight is 487 g/mol. The number of hydrogen-bond donors (Lipinski definition) is 1. The average Bonchev–Trinajstić information content (AvgIpc) is 3.19. The van der Waals surface area contributed by atoms with Crippen molar-refractivity contribution in [3.63, 3.8) is 0 Å². The van der Waals surface area contributed by atoms with Crippen LogP contribution < -0.4 is 10.1 Å². The van der Waals surface area contributed by atoms with E-state index in [2.05, 4.69) is 15.3 Å². The molecule has 35 heavy (non-hydrogen) atoms. The zero-order valence-electron chi connectivity index (χ0n) is 19.0. The van der Waals surface area contributed by atoms with Crippen LogP contribution in [0, 0.1) is 0 Å². The van der Waals surface area contributed by atoms with Gasteiger partial charge in [0, 0.05) is 48.4 Å². The van der Waals surface area contributed by atoms with Crippen LogP contribution in [0.4, 0.5) is 5.69 Å². The Hall–Kier alpha value is -3.92. The standard InChI is InChI=1S/C25H22N6O3S/c1-34-23-5-3-18-24(28-23)20(6-9-26-18)31-13-16-7-10-30(11-8-17(16)29-31)25(33)15-2-4-21-19(12-15)27-22(32)14-35-21/h2-6,9,12-13H,7-8,10-11,14H2,1H3,(H,27,32). The van der Waals surface area contributed by atoms with Gasteiger partial charge in [-0.3, -0.25) is 14.6 Å². The molecule has 2 aliphatic rings. The number of pyridine rings is 2. The van der Waals surface area contributed by atoms with Crippen LogP contribution in [0.2, 0.25) is 0 Å². The van der Waals surface area contributed by atoms with Crippen molar-refractivity contribution in [2.24, 2.45) is 0 Å². The molecule has 0 saturated carbocycles. The van der Waals surface area contributed by atoms with Crippen LogP contribution in [0.15, 0.2) is 53.7 Å². The summed E-state index contributed by atoms with van der Waals surface area (Å²) in [7, 11) is 1.59. The lowest BCUT2D eigenvalue weighted by Gasteiger charge is -2.22. The molecule has 3 aromatic heterocycles. The first-order valence-electron chi connectivity index (χ1n) is 11.3. The smallest absolute Gasteiger partial charge is 0.253 e. The number of carbonyl (C=O) groups is 2. The lowest BCUT2D eigenvalue weighted by Crippen LogP contribution is -2.33. The second-order valence-corrected chi connectivity index (χ2v) is 9.45. The molecule has 0 fully saturated rings. The Labute approximate surface area is 205 Å². The highest BCUT2D eigenvalue weighted by Gasteiger charge is 2.24. The molecule has 2 amide bonds. The lowest BCUT2D eigenvalue weighted by molar-refractivity contribution is -0.113. The molecule has 1 N–H and O–H groups in total. The van der Waals surface area contributed by atoms with Crippen molar-refractivity contribution in [3.8, 4) is 11.6 Å². The van der Waals surface area contributed by atoms with Gasteiger partial charge < -0.3 is 15.0 Å². The van der Waals surface area contributed by atoms with Gasteiger partial charge in [0.25, 0.3) is 5.91 Å². The fraction of sp³-hybridized carbons (Fsp3) is 0.240. The number of aromatic nitrogens is 4. The SMILES string of the molecule is COc1ccc2nccc(-n3cc4c(n3)CCN(C(=O)c3ccc5c(c3)NC(=O)CS5)CC4)c2n1. The molecule has 0 saturated heterocycles. The summed E-state index contributed by atoms with van der Waals surface area (Å²) < 4.78 is 7.14. The highest BCUT2D eigenvalue weighted by Crippen LogP contribution is 2.32. The maximum absolute atomic E-state index is 13.2. The Morgan fingerprint density at radius 2 is 2.03 bits per heavy atom. The molecule has 176 valence electrons. The van der Waals surface area contributed by atoms with E-state index in [-0.39, 0.29) is 11.8 Å². The number of amides is 2. The van der Waals surface area contributed by atoms with Crippen molar-refractivity contribution in [1.82, 2.24) is 24.6 Å². The fourth-order valence-electron chi connectivity index (χ4n) is 4.49. The highest BCUT2D eigenvalue weighted by atomic mass is 32.2. The van der Waals surface area contributed by atoms with Crippen LogP contribution in [0.25, 0.3) is 16.7 Å². The maximum Gasteiger partial charge on any atom is 0.253 e. The monoisotopic (exact) mass is 486 g/mol. The summed E-state index contributed by atoms with van der Waals surface area (Å²) in [5.74, 6) is 0.848. The number of hydrogen-bond acceptors (Lipinski definition) is 7. The number of methoxy groups -OCH3 is 1. The molecule has 9 nitrogen and oxygen atoms in total. The van der Waals surface area contributed by atoms with E-state index in [4.69, 9.17) is 9.84 Å². The zero-order chi connectivity index (χ0) is 23.9. The van der Waals surface area contributed by atoms with Gasteiger partial charge in [0.2, 0.25) is 11.8 Å².